The van der Waals surface area contributed by atoms with Crippen LogP contribution in [0.1, 0.15) is 36.2 Å². The predicted octanol–water partition coefficient (Wildman–Crippen LogP) is 4.52. The lowest BCUT2D eigenvalue weighted by Gasteiger charge is -2.19. The molecule has 0 aromatic heterocycles. The summed E-state index contributed by atoms with van der Waals surface area (Å²) in [4.78, 5) is 26.2. The Morgan fingerprint density at radius 1 is 1.13 bits per heavy atom. The molecular weight excluding hydrogens is 420 g/mol. The molecule has 0 atom stereocenters. The summed E-state index contributed by atoms with van der Waals surface area (Å²) >= 11 is 6.28. The van der Waals surface area contributed by atoms with Gasteiger partial charge in [0.1, 0.15) is 6.61 Å². The van der Waals surface area contributed by atoms with Crippen LogP contribution in [0.25, 0.3) is 0 Å². The van der Waals surface area contributed by atoms with Gasteiger partial charge in [-0.15, -0.1) is 0 Å². The van der Waals surface area contributed by atoms with Gasteiger partial charge in [-0.25, -0.2) is 4.79 Å². The van der Waals surface area contributed by atoms with Crippen molar-refractivity contribution in [3.63, 3.8) is 0 Å². The van der Waals surface area contributed by atoms with Crippen molar-refractivity contribution in [1.29, 1.82) is 0 Å². The molecule has 8 heteroatoms. The number of nitrogens with zero attached hydrogens (tertiary/aromatic N) is 1. The molecule has 0 spiro atoms. The van der Waals surface area contributed by atoms with Crippen molar-refractivity contribution in [3.05, 3.63) is 58.6 Å². The molecule has 2 aromatic carbocycles. The van der Waals surface area contributed by atoms with Crippen molar-refractivity contribution in [2.45, 2.75) is 33.0 Å². The zero-order valence-electron chi connectivity index (χ0n) is 18.3. The van der Waals surface area contributed by atoms with E-state index in [4.69, 9.17) is 25.8 Å². The van der Waals surface area contributed by atoms with E-state index in [9.17, 15) is 9.59 Å². The first-order valence-corrected chi connectivity index (χ1v) is 10.4. The summed E-state index contributed by atoms with van der Waals surface area (Å²) in [6, 6.07) is 12.1. The van der Waals surface area contributed by atoms with Gasteiger partial charge < -0.3 is 19.5 Å². The number of benzene rings is 2. The predicted molar refractivity (Wildman–Crippen MR) is 120 cm³/mol. The van der Waals surface area contributed by atoms with Crippen LogP contribution in [0.3, 0.4) is 0 Å². The minimum absolute atomic E-state index is 0.135. The summed E-state index contributed by atoms with van der Waals surface area (Å²) in [7, 11) is 2.89. The van der Waals surface area contributed by atoms with E-state index < -0.39 is 11.9 Å². The minimum Gasteiger partial charge on any atom is -0.493 e. The van der Waals surface area contributed by atoms with Crippen LogP contribution in [0.4, 0.5) is 4.79 Å². The second-order valence-corrected chi connectivity index (χ2v) is 7.53. The molecule has 31 heavy (non-hydrogen) atoms. The molecule has 0 aliphatic carbocycles. The number of hydrogen-bond acceptors (Lipinski definition) is 5. The van der Waals surface area contributed by atoms with E-state index in [1.165, 1.54) is 26.3 Å². The molecule has 0 heterocycles. The van der Waals surface area contributed by atoms with Crippen molar-refractivity contribution < 1.29 is 23.8 Å². The number of imide groups is 1. The number of halogens is 1. The first kappa shape index (κ1) is 24.5. The van der Waals surface area contributed by atoms with Gasteiger partial charge in [0.15, 0.2) is 11.5 Å². The number of amides is 3. The fraction of sp³-hybridized carbons (Fsp3) is 0.391. The number of ether oxygens (including phenoxy) is 3. The molecule has 2 rings (SSSR count). The summed E-state index contributed by atoms with van der Waals surface area (Å²) in [5, 5.41) is 2.86. The Hall–Kier alpha value is -2.77. The van der Waals surface area contributed by atoms with Gasteiger partial charge in [-0.05, 0) is 31.9 Å². The van der Waals surface area contributed by atoms with E-state index in [0.717, 1.165) is 10.5 Å². The zero-order valence-corrected chi connectivity index (χ0v) is 19.1. The smallest absolute Gasteiger partial charge is 0.324 e. The number of methoxy groups -OCH3 is 1. The second kappa shape index (κ2) is 12.2. The first-order valence-electron chi connectivity index (χ1n) is 10.0. The highest BCUT2D eigenvalue weighted by atomic mass is 35.5. The summed E-state index contributed by atoms with van der Waals surface area (Å²) in [5.41, 5.74) is 1.11. The lowest BCUT2D eigenvalue weighted by molar-refractivity contribution is 0.0766. The van der Waals surface area contributed by atoms with Crippen LogP contribution < -0.4 is 14.8 Å². The summed E-state index contributed by atoms with van der Waals surface area (Å²) < 4.78 is 16.6. The number of rotatable bonds is 10. The fourth-order valence-electron chi connectivity index (χ4n) is 2.68. The maximum atomic E-state index is 12.9. The van der Waals surface area contributed by atoms with E-state index in [-0.39, 0.29) is 16.7 Å². The van der Waals surface area contributed by atoms with Gasteiger partial charge in [0, 0.05) is 26.3 Å². The van der Waals surface area contributed by atoms with Crippen LogP contribution in [0.2, 0.25) is 5.02 Å². The van der Waals surface area contributed by atoms with Gasteiger partial charge in [-0.1, -0.05) is 41.9 Å². The number of hydrogen-bond donors (Lipinski definition) is 1. The van der Waals surface area contributed by atoms with Crippen LogP contribution >= 0.6 is 11.6 Å². The van der Waals surface area contributed by atoms with E-state index in [0.29, 0.717) is 37.7 Å². The van der Waals surface area contributed by atoms with Gasteiger partial charge in [-0.3, -0.25) is 9.69 Å². The molecule has 0 unspecified atom stereocenters. The monoisotopic (exact) mass is 448 g/mol. The molecule has 7 nitrogen and oxygen atoms in total. The Bertz CT molecular complexity index is 874. The Morgan fingerprint density at radius 3 is 2.48 bits per heavy atom. The van der Waals surface area contributed by atoms with Crippen molar-refractivity contribution >= 4 is 23.5 Å². The maximum absolute atomic E-state index is 12.9. The van der Waals surface area contributed by atoms with Gasteiger partial charge in [0.25, 0.3) is 5.91 Å². The fourth-order valence-corrected chi connectivity index (χ4v) is 2.92. The van der Waals surface area contributed by atoms with Gasteiger partial charge >= 0.3 is 6.03 Å². The standard InChI is InChI=1S/C23H29ClN2O5/c1-16(2)30-12-8-11-25-23(28)26(3)22(27)18-13-21(20(29-4)14-19(18)24)31-15-17-9-6-5-7-10-17/h5-7,9-10,13-14,16H,8,11-12,15H2,1-4H3,(H,25,28). The average Bonchev–Trinajstić information content (AvgIpc) is 2.77. The third-order valence-corrected chi connectivity index (χ3v) is 4.69. The summed E-state index contributed by atoms with van der Waals surface area (Å²) in [5.74, 6) is 0.210. The van der Waals surface area contributed by atoms with Crippen LogP contribution in [-0.4, -0.2) is 50.3 Å². The number of carbonyl (C=O) groups is 2. The Balaban J connectivity index is 2.05. The zero-order chi connectivity index (χ0) is 22.8. The number of urea groups is 1. The lowest BCUT2D eigenvalue weighted by atomic mass is 10.1. The molecule has 0 fully saturated rings. The van der Waals surface area contributed by atoms with Crippen LogP contribution in [0.5, 0.6) is 11.5 Å². The van der Waals surface area contributed by atoms with Crippen molar-refractivity contribution in [1.82, 2.24) is 10.2 Å². The highest BCUT2D eigenvalue weighted by Gasteiger charge is 2.23. The van der Waals surface area contributed by atoms with Crippen molar-refractivity contribution in [2.75, 3.05) is 27.3 Å². The quantitative estimate of drug-likeness (QED) is 0.540. The van der Waals surface area contributed by atoms with E-state index in [1.54, 1.807) is 0 Å². The Kier molecular flexibility index (Phi) is 9.62. The molecule has 0 radical (unpaired) electrons. The highest BCUT2D eigenvalue weighted by molar-refractivity contribution is 6.34. The Labute approximate surface area is 188 Å². The average molecular weight is 449 g/mol. The lowest BCUT2D eigenvalue weighted by Crippen LogP contribution is -2.41. The number of carbonyl (C=O) groups excluding carboxylic acids is 2. The first-order chi connectivity index (χ1) is 14.8. The maximum Gasteiger partial charge on any atom is 0.324 e. The Morgan fingerprint density at radius 2 is 1.84 bits per heavy atom. The summed E-state index contributed by atoms with van der Waals surface area (Å²) in [6.45, 7) is 5.11. The summed E-state index contributed by atoms with van der Waals surface area (Å²) in [6.07, 6.45) is 0.780. The van der Waals surface area contributed by atoms with Gasteiger partial charge in [-0.2, -0.15) is 0 Å². The number of nitrogens with one attached hydrogen (secondary N) is 1. The molecule has 0 saturated carbocycles. The SMILES string of the molecule is COc1cc(Cl)c(C(=O)N(C)C(=O)NCCCOC(C)C)cc1OCc1ccccc1. The van der Waals surface area contributed by atoms with Crippen molar-refractivity contribution in [3.8, 4) is 11.5 Å². The largest absolute Gasteiger partial charge is 0.493 e. The van der Waals surface area contributed by atoms with E-state index in [2.05, 4.69) is 5.32 Å². The molecule has 0 aliphatic rings. The van der Waals surface area contributed by atoms with Crippen LogP contribution in [-0.2, 0) is 11.3 Å². The molecule has 0 aliphatic heterocycles. The normalized spacial score (nSPS) is 10.6. The molecule has 168 valence electrons. The second-order valence-electron chi connectivity index (χ2n) is 7.13. The molecule has 1 N–H and O–H groups in total. The van der Waals surface area contributed by atoms with Gasteiger partial charge in [0.2, 0.25) is 0 Å². The van der Waals surface area contributed by atoms with Crippen LogP contribution in [0, 0.1) is 0 Å². The van der Waals surface area contributed by atoms with Gasteiger partial charge in [0.05, 0.1) is 23.8 Å². The molecule has 0 bridgehead atoms. The third kappa shape index (κ3) is 7.45. The van der Waals surface area contributed by atoms with E-state index >= 15 is 0 Å². The minimum atomic E-state index is -0.548. The third-order valence-electron chi connectivity index (χ3n) is 4.38. The van der Waals surface area contributed by atoms with Crippen LogP contribution in [0.15, 0.2) is 42.5 Å². The highest BCUT2D eigenvalue weighted by Crippen LogP contribution is 2.34. The van der Waals surface area contributed by atoms with E-state index in [1.807, 2.05) is 44.2 Å². The topological polar surface area (TPSA) is 77.1 Å². The molecular formula is C23H29ClN2O5. The van der Waals surface area contributed by atoms with Crippen molar-refractivity contribution in [2.24, 2.45) is 0 Å². The molecule has 3 amide bonds. The molecule has 2 aromatic rings. The molecule has 0 saturated heterocycles.